The number of nitrogens with zero attached hydrogens (tertiary/aromatic N) is 2. The maximum absolute atomic E-state index is 12.6. The second kappa shape index (κ2) is 6.48. The number of thiophene rings is 1. The molecular formula is C16H23ClN2O2S. The van der Waals surface area contributed by atoms with E-state index in [-0.39, 0.29) is 12.0 Å². The number of ether oxygens (including phenoxy) is 1. The van der Waals surface area contributed by atoms with Gasteiger partial charge >= 0.3 is 0 Å². The number of likely N-dealkylation sites (N-methyl/N-ethyl adjacent to an activating group) is 1. The normalized spacial score (nSPS) is 31.6. The first-order valence-electron chi connectivity index (χ1n) is 7.73. The average Bonchev–Trinajstić information content (AvgIpc) is 3.10. The summed E-state index contributed by atoms with van der Waals surface area (Å²) < 4.78 is 6.37. The Morgan fingerprint density at radius 2 is 2.00 bits per heavy atom. The number of rotatable bonds is 3. The minimum Gasteiger partial charge on any atom is -0.380 e. The highest BCUT2D eigenvalue weighted by atomic mass is 35.5. The molecule has 1 saturated heterocycles. The van der Waals surface area contributed by atoms with E-state index in [1.807, 2.05) is 11.0 Å². The van der Waals surface area contributed by atoms with E-state index in [2.05, 4.69) is 19.0 Å². The summed E-state index contributed by atoms with van der Waals surface area (Å²) in [6.07, 6.45) is 2.41. The third-order valence-electron chi connectivity index (χ3n) is 5.12. The molecule has 0 aromatic carbocycles. The summed E-state index contributed by atoms with van der Waals surface area (Å²) in [5.74, 6) is 1.26. The van der Waals surface area contributed by atoms with Crippen molar-refractivity contribution >= 4 is 28.8 Å². The zero-order chi connectivity index (χ0) is 15.9. The standard InChI is InChI=1S/C16H23ClN2O2S/c1-18(2)12-6-10-8-19(9-11(10)7-13(12)21-3)16(20)14-4-5-15(17)22-14/h4-5,10-13H,6-9H2,1-3H3/t10-,11+,12-,13-/m1/s1. The summed E-state index contributed by atoms with van der Waals surface area (Å²) in [7, 11) is 6.03. The highest BCUT2D eigenvalue weighted by Crippen LogP contribution is 2.39. The second-order valence-electron chi connectivity index (χ2n) is 6.61. The number of carbonyl (C=O) groups is 1. The van der Waals surface area contributed by atoms with Crippen LogP contribution in [-0.2, 0) is 4.74 Å². The fourth-order valence-electron chi connectivity index (χ4n) is 3.94. The van der Waals surface area contributed by atoms with Crippen LogP contribution in [0.3, 0.4) is 0 Å². The lowest BCUT2D eigenvalue weighted by atomic mass is 9.77. The van der Waals surface area contributed by atoms with Crippen molar-refractivity contribution in [3.63, 3.8) is 0 Å². The molecule has 22 heavy (non-hydrogen) atoms. The molecule has 1 aliphatic heterocycles. The Morgan fingerprint density at radius 1 is 1.32 bits per heavy atom. The number of hydrogen-bond acceptors (Lipinski definition) is 4. The van der Waals surface area contributed by atoms with Gasteiger partial charge in [0.05, 0.1) is 15.3 Å². The van der Waals surface area contributed by atoms with Crippen LogP contribution in [0.4, 0.5) is 0 Å². The molecule has 122 valence electrons. The lowest BCUT2D eigenvalue weighted by Crippen LogP contribution is -2.47. The van der Waals surface area contributed by atoms with Crippen molar-refractivity contribution in [2.24, 2.45) is 11.8 Å². The zero-order valence-corrected chi connectivity index (χ0v) is 14.9. The van der Waals surface area contributed by atoms with Gasteiger partial charge in [-0.05, 0) is 50.9 Å². The zero-order valence-electron chi connectivity index (χ0n) is 13.3. The third kappa shape index (κ3) is 3.04. The molecule has 1 aromatic rings. The Labute approximate surface area is 141 Å². The number of methoxy groups -OCH3 is 1. The molecule has 2 aliphatic rings. The van der Waals surface area contributed by atoms with Crippen molar-refractivity contribution in [2.75, 3.05) is 34.3 Å². The van der Waals surface area contributed by atoms with Gasteiger partial charge in [-0.3, -0.25) is 4.79 Å². The average molecular weight is 343 g/mol. The number of carbonyl (C=O) groups excluding carboxylic acids is 1. The summed E-state index contributed by atoms with van der Waals surface area (Å²) in [4.78, 5) is 17.6. The Bertz CT molecular complexity index is 548. The van der Waals surface area contributed by atoms with E-state index >= 15 is 0 Å². The molecule has 2 fully saturated rings. The summed E-state index contributed by atoms with van der Waals surface area (Å²) in [5.41, 5.74) is 0. The SMILES string of the molecule is CO[C@@H]1C[C@H]2CN(C(=O)c3ccc(Cl)s3)C[C@H]2C[C@H]1N(C)C. The molecule has 4 nitrogen and oxygen atoms in total. The van der Waals surface area contributed by atoms with Gasteiger partial charge < -0.3 is 14.5 Å². The Hall–Kier alpha value is -0.620. The van der Waals surface area contributed by atoms with Gasteiger partial charge in [0.15, 0.2) is 0 Å². The Morgan fingerprint density at radius 3 is 2.55 bits per heavy atom. The molecule has 1 aromatic heterocycles. The van der Waals surface area contributed by atoms with Crippen LogP contribution < -0.4 is 0 Å². The maximum atomic E-state index is 12.6. The first-order valence-corrected chi connectivity index (χ1v) is 8.93. The first-order chi connectivity index (χ1) is 10.5. The Balaban J connectivity index is 1.70. The summed E-state index contributed by atoms with van der Waals surface area (Å²) in [6, 6.07) is 4.07. The molecule has 0 spiro atoms. The predicted molar refractivity (Wildman–Crippen MR) is 89.7 cm³/mol. The van der Waals surface area contributed by atoms with E-state index in [1.165, 1.54) is 11.3 Å². The lowest BCUT2D eigenvalue weighted by Gasteiger charge is -2.40. The van der Waals surface area contributed by atoms with E-state index in [1.54, 1.807) is 13.2 Å². The van der Waals surface area contributed by atoms with Gasteiger partial charge in [-0.15, -0.1) is 11.3 Å². The third-order valence-corrected chi connectivity index (χ3v) is 6.34. The van der Waals surface area contributed by atoms with Crippen LogP contribution in [0.15, 0.2) is 12.1 Å². The predicted octanol–water partition coefficient (Wildman–Crippen LogP) is 2.83. The minimum absolute atomic E-state index is 0.127. The quantitative estimate of drug-likeness (QED) is 0.846. The van der Waals surface area contributed by atoms with Gasteiger partial charge in [0, 0.05) is 26.2 Å². The van der Waals surface area contributed by atoms with Crippen LogP contribution in [0, 0.1) is 11.8 Å². The van der Waals surface area contributed by atoms with Crippen LogP contribution in [0.1, 0.15) is 22.5 Å². The fraction of sp³-hybridized carbons (Fsp3) is 0.688. The molecule has 1 aliphatic carbocycles. The maximum Gasteiger partial charge on any atom is 0.263 e. The molecule has 3 rings (SSSR count). The number of amides is 1. The largest absolute Gasteiger partial charge is 0.380 e. The van der Waals surface area contributed by atoms with E-state index in [0.29, 0.717) is 22.2 Å². The van der Waals surface area contributed by atoms with Gasteiger partial charge in [-0.1, -0.05) is 11.6 Å². The van der Waals surface area contributed by atoms with E-state index < -0.39 is 0 Å². The molecule has 6 heteroatoms. The van der Waals surface area contributed by atoms with Crippen LogP contribution in [0.2, 0.25) is 4.34 Å². The topological polar surface area (TPSA) is 32.8 Å². The molecule has 1 amide bonds. The van der Waals surface area contributed by atoms with Gasteiger partial charge in [-0.25, -0.2) is 0 Å². The summed E-state index contributed by atoms with van der Waals surface area (Å²) in [5, 5.41) is 0. The number of halogens is 1. The summed E-state index contributed by atoms with van der Waals surface area (Å²) >= 11 is 7.32. The van der Waals surface area contributed by atoms with Crippen molar-refractivity contribution in [2.45, 2.75) is 25.0 Å². The minimum atomic E-state index is 0.127. The van der Waals surface area contributed by atoms with Gasteiger partial charge in [0.25, 0.3) is 5.91 Å². The van der Waals surface area contributed by atoms with Crippen molar-refractivity contribution < 1.29 is 9.53 Å². The van der Waals surface area contributed by atoms with E-state index in [9.17, 15) is 4.79 Å². The van der Waals surface area contributed by atoms with Crippen molar-refractivity contribution in [3.8, 4) is 0 Å². The van der Waals surface area contributed by atoms with Crippen molar-refractivity contribution in [3.05, 3.63) is 21.3 Å². The van der Waals surface area contributed by atoms with Gasteiger partial charge in [0.2, 0.25) is 0 Å². The van der Waals surface area contributed by atoms with Gasteiger partial charge in [0.1, 0.15) is 0 Å². The Kier molecular flexibility index (Phi) is 4.78. The van der Waals surface area contributed by atoms with Crippen molar-refractivity contribution in [1.82, 2.24) is 9.80 Å². The van der Waals surface area contributed by atoms with Gasteiger partial charge in [-0.2, -0.15) is 0 Å². The van der Waals surface area contributed by atoms with Crippen LogP contribution >= 0.6 is 22.9 Å². The fourth-order valence-corrected chi connectivity index (χ4v) is 4.95. The van der Waals surface area contributed by atoms with Crippen LogP contribution in [0.5, 0.6) is 0 Å². The molecule has 1 saturated carbocycles. The summed E-state index contributed by atoms with van der Waals surface area (Å²) in [6.45, 7) is 1.71. The van der Waals surface area contributed by atoms with Crippen LogP contribution in [-0.4, -0.2) is 62.1 Å². The lowest BCUT2D eigenvalue weighted by molar-refractivity contribution is -0.0209. The molecule has 0 unspecified atom stereocenters. The smallest absolute Gasteiger partial charge is 0.263 e. The highest BCUT2D eigenvalue weighted by Gasteiger charge is 2.44. The van der Waals surface area contributed by atoms with Crippen molar-refractivity contribution in [1.29, 1.82) is 0 Å². The van der Waals surface area contributed by atoms with E-state index in [0.717, 1.165) is 30.8 Å². The van der Waals surface area contributed by atoms with E-state index in [4.69, 9.17) is 16.3 Å². The molecular weight excluding hydrogens is 320 g/mol. The second-order valence-corrected chi connectivity index (χ2v) is 8.33. The highest BCUT2D eigenvalue weighted by molar-refractivity contribution is 7.17. The molecule has 4 atom stereocenters. The molecule has 0 bridgehead atoms. The first kappa shape index (κ1) is 16.2. The molecule has 2 heterocycles. The molecule has 0 N–H and O–H groups in total. The number of likely N-dealkylation sites (tertiary alicyclic amines) is 1. The molecule has 0 radical (unpaired) electrons. The number of hydrogen-bond donors (Lipinski definition) is 0. The monoisotopic (exact) mass is 342 g/mol. The van der Waals surface area contributed by atoms with Crippen LogP contribution in [0.25, 0.3) is 0 Å². The number of fused-ring (bicyclic) bond motifs is 1.